The van der Waals surface area contributed by atoms with Crippen molar-refractivity contribution in [1.82, 2.24) is 9.88 Å². The first-order valence-electron chi connectivity index (χ1n) is 10.7. The number of hydrogen-bond acceptors (Lipinski definition) is 7. The molecule has 3 heterocycles. The van der Waals surface area contributed by atoms with Crippen LogP contribution in [-0.2, 0) is 9.57 Å². The van der Waals surface area contributed by atoms with Gasteiger partial charge in [-0.3, -0.25) is 0 Å². The Morgan fingerprint density at radius 3 is 2.75 bits per heavy atom. The van der Waals surface area contributed by atoms with E-state index in [1.807, 2.05) is 39.2 Å². The van der Waals surface area contributed by atoms with Gasteiger partial charge in [-0.2, -0.15) is 0 Å². The Labute approximate surface area is 202 Å². The second-order valence-electron chi connectivity index (χ2n) is 9.00. The van der Waals surface area contributed by atoms with Crippen molar-refractivity contribution in [3.05, 3.63) is 44.9 Å². The van der Waals surface area contributed by atoms with Crippen LogP contribution < -0.4 is 0 Å². The molecular formula is C23H28ClN3O3S2. The molecule has 0 spiro atoms. The summed E-state index contributed by atoms with van der Waals surface area (Å²) in [6, 6.07) is 5.90. The third-order valence-electron chi connectivity index (χ3n) is 5.54. The molecule has 2 aromatic rings. The molecule has 2 aliphatic heterocycles. The summed E-state index contributed by atoms with van der Waals surface area (Å²) in [6.07, 6.45) is 4.03. The van der Waals surface area contributed by atoms with Gasteiger partial charge in [-0.05, 0) is 52.0 Å². The Morgan fingerprint density at radius 2 is 2.06 bits per heavy atom. The lowest BCUT2D eigenvalue weighted by atomic mass is 9.98. The van der Waals surface area contributed by atoms with Crippen molar-refractivity contribution in [2.45, 2.75) is 62.6 Å². The Balaban J connectivity index is 1.37. The molecule has 1 fully saturated rings. The molecule has 1 atom stereocenters. The van der Waals surface area contributed by atoms with Crippen molar-refractivity contribution >= 4 is 46.5 Å². The lowest BCUT2D eigenvalue weighted by Crippen LogP contribution is -2.41. The van der Waals surface area contributed by atoms with Crippen LogP contribution in [0.1, 0.15) is 68.3 Å². The summed E-state index contributed by atoms with van der Waals surface area (Å²) in [6.45, 7) is 7.04. The van der Waals surface area contributed by atoms with Crippen LogP contribution in [0.3, 0.4) is 0 Å². The zero-order valence-corrected chi connectivity index (χ0v) is 21.1. The molecule has 0 N–H and O–H groups in total. The number of ether oxygens (including phenoxy) is 1. The van der Waals surface area contributed by atoms with Gasteiger partial charge >= 0.3 is 6.09 Å². The molecule has 2 aliphatic rings. The fourth-order valence-electron chi connectivity index (χ4n) is 3.93. The van der Waals surface area contributed by atoms with Crippen LogP contribution in [-0.4, -0.2) is 46.6 Å². The molecule has 6 nitrogen and oxygen atoms in total. The van der Waals surface area contributed by atoms with E-state index in [0.717, 1.165) is 39.7 Å². The highest BCUT2D eigenvalue weighted by atomic mass is 35.5. The predicted octanol–water partition coefficient (Wildman–Crippen LogP) is 6.50. The van der Waals surface area contributed by atoms with E-state index >= 15 is 0 Å². The van der Waals surface area contributed by atoms with Crippen molar-refractivity contribution in [2.24, 2.45) is 5.16 Å². The van der Waals surface area contributed by atoms with E-state index in [1.54, 1.807) is 28.0 Å². The minimum absolute atomic E-state index is 0.191. The zero-order chi connectivity index (χ0) is 22.9. The SMILES string of the molecule is CSc1cccc(Cl)c1C1CC(c2csc(C3CCN(C(=O)OC(C)(C)C)CC3)n2)=NO1. The maximum absolute atomic E-state index is 12.3. The molecule has 0 bridgehead atoms. The third-order valence-corrected chi connectivity index (χ3v) is 7.67. The largest absolute Gasteiger partial charge is 0.444 e. The van der Waals surface area contributed by atoms with Gasteiger partial charge < -0.3 is 14.5 Å². The quantitative estimate of drug-likeness (QED) is 0.455. The number of carbonyl (C=O) groups excluding carboxylic acids is 1. The Morgan fingerprint density at radius 1 is 1.31 bits per heavy atom. The fourth-order valence-corrected chi connectivity index (χ4v) is 5.96. The average molecular weight is 494 g/mol. The van der Waals surface area contributed by atoms with Gasteiger partial charge in [-0.25, -0.2) is 9.78 Å². The van der Waals surface area contributed by atoms with Gasteiger partial charge in [-0.15, -0.1) is 23.1 Å². The monoisotopic (exact) mass is 493 g/mol. The first-order valence-corrected chi connectivity index (χ1v) is 13.2. The molecule has 0 saturated carbocycles. The summed E-state index contributed by atoms with van der Waals surface area (Å²) in [7, 11) is 0. The maximum Gasteiger partial charge on any atom is 0.410 e. The number of thioether (sulfide) groups is 1. The highest BCUT2D eigenvalue weighted by molar-refractivity contribution is 7.98. The molecule has 1 unspecified atom stereocenters. The van der Waals surface area contributed by atoms with Crippen LogP contribution >= 0.6 is 34.7 Å². The van der Waals surface area contributed by atoms with Gasteiger partial charge in [0.1, 0.15) is 11.3 Å². The highest BCUT2D eigenvalue weighted by Gasteiger charge is 2.31. The second-order valence-corrected chi connectivity index (χ2v) is 11.1. The number of thiazole rings is 1. The Hall–Kier alpha value is -1.77. The van der Waals surface area contributed by atoms with Crippen LogP contribution in [0.5, 0.6) is 0 Å². The number of carbonyl (C=O) groups is 1. The van der Waals surface area contributed by atoms with Gasteiger partial charge in [0.25, 0.3) is 0 Å². The fraction of sp³-hybridized carbons (Fsp3) is 0.522. The van der Waals surface area contributed by atoms with E-state index in [-0.39, 0.29) is 12.2 Å². The molecule has 0 radical (unpaired) electrons. The summed E-state index contributed by atoms with van der Waals surface area (Å²) in [5, 5.41) is 8.19. The summed E-state index contributed by atoms with van der Waals surface area (Å²) < 4.78 is 5.49. The number of likely N-dealkylation sites (tertiary alicyclic amines) is 1. The minimum Gasteiger partial charge on any atom is -0.444 e. The van der Waals surface area contributed by atoms with Crippen LogP contribution in [0.25, 0.3) is 0 Å². The summed E-state index contributed by atoms with van der Waals surface area (Å²) in [5.41, 5.74) is 2.25. The number of halogens is 1. The Kier molecular flexibility index (Phi) is 7.03. The van der Waals surface area contributed by atoms with Gasteiger partial charge in [0, 0.05) is 46.3 Å². The van der Waals surface area contributed by atoms with Gasteiger partial charge in [0.2, 0.25) is 0 Å². The standard InChI is InChI=1S/C23H28ClN3O3S2/c1-23(2,3)29-22(28)27-10-8-14(9-11-27)21-25-17(13-32-21)16-12-18(30-26-16)20-15(24)6-5-7-19(20)31-4/h5-7,13-14,18H,8-12H2,1-4H3. The number of benzene rings is 1. The van der Waals surface area contributed by atoms with Crippen molar-refractivity contribution in [1.29, 1.82) is 0 Å². The number of hydrogen-bond donors (Lipinski definition) is 0. The molecule has 1 aromatic carbocycles. The molecule has 1 aromatic heterocycles. The van der Waals surface area contributed by atoms with Crippen LogP contribution in [0.2, 0.25) is 5.02 Å². The van der Waals surface area contributed by atoms with Gasteiger partial charge in [0.05, 0.1) is 10.7 Å². The number of nitrogens with zero attached hydrogens (tertiary/aromatic N) is 3. The number of oxime groups is 1. The molecule has 9 heteroatoms. The molecule has 0 aliphatic carbocycles. The van der Waals surface area contributed by atoms with Crippen LogP contribution in [0.4, 0.5) is 4.79 Å². The summed E-state index contributed by atoms with van der Waals surface area (Å²) in [5.74, 6) is 0.345. The summed E-state index contributed by atoms with van der Waals surface area (Å²) >= 11 is 9.78. The smallest absolute Gasteiger partial charge is 0.410 e. The normalized spacial score (nSPS) is 19.6. The second kappa shape index (κ2) is 9.61. The lowest BCUT2D eigenvalue weighted by molar-refractivity contribution is 0.0205. The highest BCUT2D eigenvalue weighted by Crippen LogP contribution is 2.39. The molecular weight excluding hydrogens is 466 g/mol. The van der Waals surface area contributed by atoms with E-state index in [2.05, 4.69) is 16.6 Å². The van der Waals surface area contributed by atoms with E-state index < -0.39 is 5.60 Å². The third kappa shape index (κ3) is 5.24. The van der Waals surface area contributed by atoms with E-state index in [1.165, 1.54) is 0 Å². The lowest BCUT2D eigenvalue weighted by Gasteiger charge is -2.32. The Bertz CT molecular complexity index is 1010. The first kappa shape index (κ1) is 23.4. The first-order chi connectivity index (χ1) is 15.2. The zero-order valence-electron chi connectivity index (χ0n) is 18.8. The van der Waals surface area contributed by atoms with Crippen LogP contribution in [0, 0.1) is 0 Å². The van der Waals surface area contributed by atoms with Crippen LogP contribution in [0.15, 0.2) is 33.6 Å². The molecule has 32 heavy (non-hydrogen) atoms. The van der Waals surface area contributed by atoms with Gasteiger partial charge in [-0.1, -0.05) is 22.8 Å². The topological polar surface area (TPSA) is 64.0 Å². The van der Waals surface area contributed by atoms with E-state index in [0.29, 0.717) is 30.5 Å². The number of amides is 1. The maximum atomic E-state index is 12.3. The predicted molar refractivity (Wildman–Crippen MR) is 130 cm³/mol. The average Bonchev–Trinajstić information content (AvgIpc) is 3.42. The molecule has 4 rings (SSSR count). The van der Waals surface area contributed by atoms with Crippen molar-refractivity contribution < 1.29 is 14.4 Å². The number of piperidine rings is 1. The summed E-state index contributed by atoms with van der Waals surface area (Å²) in [4.78, 5) is 25.8. The van der Waals surface area contributed by atoms with Crippen molar-refractivity contribution in [2.75, 3.05) is 19.3 Å². The molecule has 1 amide bonds. The number of aromatic nitrogens is 1. The van der Waals surface area contributed by atoms with E-state index in [9.17, 15) is 4.79 Å². The number of rotatable bonds is 4. The van der Waals surface area contributed by atoms with Crippen molar-refractivity contribution in [3.63, 3.8) is 0 Å². The molecule has 1 saturated heterocycles. The van der Waals surface area contributed by atoms with Gasteiger partial charge in [0.15, 0.2) is 6.10 Å². The van der Waals surface area contributed by atoms with E-state index in [4.69, 9.17) is 26.2 Å². The minimum atomic E-state index is -0.472. The molecule has 172 valence electrons. The van der Waals surface area contributed by atoms with Crippen molar-refractivity contribution in [3.8, 4) is 0 Å².